The van der Waals surface area contributed by atoms with E-state index in [1.807, 2.05) is 0 Å². The maximum Gasteiger partial charge on any atom is 0.308 e. The van der Waals surface area contributed by atoms with Crippen LogP contribution in [0.15, 0.2) is 56.7 Å². The number of rotatable bonds is 6. The number of sulfone groups is 1. The molecule has 0 aromatic heterocycles. The van der Waals surface area contributed by atoms with Crippen LogP contribution in [0, 0.1) is 11.3 Å². The predicted molar refractivity (Wildman–Crippen MR) is 104 cm³/mol. The lowest BCUT2D eigenvalue weighted by Crippen LogP contribution is -2.05. The van der Waals surface area contributed by atoms with Gasteiger partial charge in [0.1, 0.15) is 11.0 Å². The van der Waals surface area contributed by atoms with Gasteiger partial charge in [-0.25, -0.2) is 8.42 Å². The molecule has 0 saturated carbocycles. The Kier molecular flexibility index (Phi) is 6.77. The van der Waals surface area contributed by atoms with Gasteiger partial charge in [0.05, 0.1) is 11.5 Å². The molecule has 0 aliphatic rings. The molecule has 0 bridgehead atoms. The summed E-state index contributed by atoms with van der Waals surface area (Å²) in [5.74, 6) is -0.0649. The summed E-state index contributed by atoms with van der Waals surface area (Å²) in [4.78, 5) is 10.9. The second-order valence-corrected chi connectivity index (χ2v) is 8.06. The van der Waals surface area contributed by atoms with Gasteiger partial charge in [0.15, 0.2) is 11.5 Å². The molecule has 0 radical (unpaired) electrons. The van der Waals surface area contributed by atoms with Crippen LogP contribution in [0.2, 0.25) is 0 Å². The molecule has 0 aliphatic heterocycles. The Morgan fingerprint density at radius 2 is 1.89 bits per heavy atom. The van der Waals surface area contributed by atoms with Crippen LogP contribution in [0.4, 0.5) is 0 Å². The number of esters is 1. The zero-order valence-corrected chi connectivity index (χ0v) is 17.0. The summed E-state index contributed by atoms with van der Waals surface area (Å²) in [6.07, 6.45) is 1.24. The van der Waals surface area contributed by atoms with Gasteiger partial charge in [-0.1, -0.05) is 34.1 Å². The molecule has 0 saturated heterocycles. The third-order valence-corrected chi connectivity index (χ3v) is 5.72. The first-order valence-corrected chi connectivity index (χ1v) is 10.1. The van der Waals surface area contributed by atoms with Crippen molar-refractivity contribution in [2.45, 2.75) is 18.7 Å². The molecular weight excluding hydrogens is 434 g/mol. The molecule has 140 valence electrons. The van der Waals surface area contributed by atoms with Gasteiger partial charge in [-0.2, -0.15) is 5.26 Å². The highest BCUT2D eigenvalue weighted by molar-refractivity contribution is 9.10. The molecule has 2 rings (SSSR count). The van der Waals surface area contributed by atoms with Crippen LogP contribution < -0.4 is 9.47 Å². The molecule has 2 aromatic rings. The van der Waals surface area contributed by atoms with Gasteiger partial charge in [0.2, 0.25) is 9.84 Å². The molecular formula is C19H16BrNO5S. The van der Waals surface area contributed by atoms with Crippen molar-refractivity contribution < 1.29 is 22.7 Å². The van der Waals surface area contributed by atoms with E-state index in [-0.39, 0.29) is 16.4 Å². The number of benzene rings is 2. The minimum absolute atomic E-state index is 0.0236. The first-order chi connectivity index (χ1) is 12.8. The van der Waals surface area contributed by atoms with Gasteiger partial charge in [-0.3, -0.25) is 4.79 Å². The maximum atomic E-state index is 12.7. The average molecular weight is 450 g/mol. The molecule has 0 aliphatic carbocycles. The summed E-state index contributed by atoms with van der Waals surface area (Å²) in [6, 6.07) is 12.4. The Bertz CT molecular complexity index is 1020. The van der Waals surface area contributed by atoms with E-state index in [1.54, 1.807) is 31.2 Å². The van der Waals surface area contributed by atoms with Gasteiger partial charge >= 0.3 is 5.97 Å². The van der Waals surface area contributed by atoms with Crippen LogP contribution in [0.25, 0.3) is 6.08 Å². The lowest BCUT2D eigenvalue weighted by Gasteiger charge is -2.12. The van der Waals surface area contributed by atoms with E-state index in [2.05, 4.69) is 15.9 Å². The van der Waals surface area contributed by atoms with Crippen molar-refractivity contribution in [1.82, 2.24) is 0 Å². The van der Waals surface area contributed by atoms with Crippen LogP contribution in [-0.4, -0.2) is 21.0 Å². The molecule has 0 N–H and O–H groups in total. The van der Waals surface area contributed by atoms with Crippen LogP contribution in [-0.2, 0) is 14.6 Å². The number of ether oxygens (including phenoxy) is 2. The first-order valence-electron chi connectivity index (χ1n) is 7.86. The van der Waals surface area contributed by atoms with E-state index < -0.39 is 20.7 Å². The fourth-order valence-corrected chi connectivity index (χ4v) is 3.81. The highest BCUT2D eigenvalue weighted by Gasteiger charge is 2.21. The molecule has 27 heavy (non-hydrogen) atoms. The number of nitriles is 1. The fourth-order valence-electron chi connectivity index (χ4n) is 2.20. The van der Waals surface area contributed by atoms with E-state index in [0.717, 1.165) is 0 Å². The van der Waals surface area contributed by atoms with E-state index in [1.165, 1.54) is 37.3 Å². The highest BCUT2D eigenvalue weighted by atomic mass is 79.9. The van der Waals surface area contributed by atoms with E-state index in [9.17, 15) is 18.5 Å². The van der Waals surface area contributed by atoms with Gasteiger partial charge < -0.3 is 9.47 Å². The molecule has 0 atom stereocenters. The predicted octanol–water partition coefficient (Wildman–Crippen LogP) is 4.11. The molecule has 0 unspecified atom stereocenters. The van der Waals surface area contributed by atoms with Gasteiger partial charge in [0.25, 0.3) is 0 Å². The Hall–Kier alpha value is -2.63. The summed E-state index contributed by atoms with van der Waals surface area (Å²) in [5.41, 5.74) is 0.394. The fraction of sp³-hybridized carbons (Fsp3) is 0.158. The molecule has 6 nitrogen and oxygen atoms in total. The topological polar surface area (TPSA) is 93.5 Å². The van der Waals surface area contributed by atoms with Crippen LogP contribution in [0.1, 0.15) is 19.4 Å². The number of hydrogen-bond acceptors (Lipinski definition) is 6. The van der Waals surface area contributed by atoms with Crippen molar-refractivity contribution >= 4 is 37.8 Å². The van der Waals surface area contributed by atoms with Gasteiger partial charge in [-0.15, -0.1) is 0 Å². The SMILES string of the molecule is CCOc1cc(/C=C(\C#N)S(=O)(=O)c2ccccc2)c(Br)cc1OC(C)=O. The molecule has 0 amide bonds. The van der Waals surface area contributed by atoms with Crippen molar-refractivity contribution in [3.63, 3.8) is 0 Å². The third-order valence-electron chi connectivity index (χ3n) is 3.36. The second kappa shape index (κ2) is 8.84. The summed E-state index contributed by atoms with van der Waals surface area (Å²) < 4.78 is 36.4. The summed E-state index contributed by atoms with van der Waals surface area (Å²) in [7, 11) is -3.97. The molecule has 2 aromatic carbocycles. The summed E-state index contributed by atoms with van der Waals surface area (Å²) >= 11 is 3.31. The van der Waals surface area contributed by atoms with Gasteiger partial charge in [0, 0.05) is 11.4 Å². The largest absolute Gasteiger partial charge is 0.490 e. The summed E-state index contributed by atoms with van der Waals surface area (Å²) in [5, 5.41) is 9.41. The lowest BCUT2D eigenvalue weighted by atomic mass is 10.2. The highest BCUT2D eigenvalue weighted by Crippen LogP contribution is 2.35. The van der Waals surface area contributed by atoms with Crippen molar-refractivity contribution in [3.8, 4) is 17.6 Å². The Balaban J connectivity index is 2.57. The molecule has 0 fully saturated rings. The molecule has 8 heteroatoms. The van der Waals surface area contributed by atoms with Crippen molar-refractivity contribution in [2.24, 2.45) is 0 Å². The van der Waals surface area contributed by atoms with E-state index in [4.69, 9.17) is 9.47 Å². The van der Waals surface area contributed by atoms with E-state index >= 15 is 0 Å². The normalized spacial score (nSPS) is 11.6. The van der Waals surface area contributed by atoms with Crippen LogP contribution in [0.5, 0.6) is 11.5 Å². The number of carbonyl (C=O) groups is 1. The quantitative estimate of drug-likeness (QED) is 0.374. The Morgan fingerprint density at radius 3 is 2.44 bits per heavy atom. The van der Waals surface area contributed by atoms with Gasteiger partial charge in [-0.05, 0) is 42.8 Å². The first kappa shape index (κ1) is 20.7. The third kappa shape index (κ3) is 4.96. The summed E-state index contributed by atoms with van der Waals surface area (Å²) in [6.45, 7) is 3.33. The zero-order valence-electron chi connectivity index (χ0n) is 14.6. The van der Waals surface area contributed by atoms with Crippen molar-refractivity contribution in [1.29, 1.82) is 5.26 Å². The Morgan fingerprint density at radius 1 is 1.22 bits per heavy atom. The monoisotopic (exact) mass is 449 g/mol. The number of carbonyl (C=O) groups excluding carboxylic acids is 1. The van der Waals surface area contributed by atoms with Crippen LogP contribution in [0.3, 0.4) is 0 Å². The minimum atomic E-state index is -3.97. The lowest BCUT2D eigenvalue weighted by molar-refractivity contribution is -0.132. The number of nitrogens with zero attached hydrogens (tertiary/aromatic N) is 1. The van der Waals surface area contributed by atoms with Crippen molar-refractivity contribution in [2.75, 3.05) is 6.61 Å². The second-order valence-electron chi connectivity index (χ2n) is 5.28. The maximum absolute atomic E-state index is 12.7. The average Bonchev–Trinajstić information content (AvgIpc) is 2.63. The number of allylic oxidation sites excluding steroid dienone is 1. The van der Waals surface area contributed by atoms with E-state index in [0.29, 0.717) is 16.6 Å². The zero-order chi connectivity index (χ0) is 20.0. The standard InChI is InChI=1S/C19H16BrNO5S/c1-3-25-18-10-14(17(20)11-19(18)26-13(2)22)9-16(12-21)27(23,24)15-7-5-4-6-8-15/h4-11H,3H2,1-2H3/b16-9+. The van der Waals surface area contributed by atoms with Crippen molar-refractivity contribution in [3.05, 3.63) is 57.4 Å². The number of hydrogen-bond donors (Lipinski definition) is 0. The minimum Gasteiger partial charge on any atom is -0.490 e. The Labute approximate surface area is 166 Å². The molecule has 0 heterocycles. The van der Waals surface area contributed by atoms with Crippen LogP contribution >= 0.6 is 15.9 Å². The smallest absolute Gasteiger partial charge is 0.308 e. The molecule has 0 spiro atoms. The number of halogens is 1.